The van der Waals surface area contributed by atoms with Crippen molar-refractivity contribution >= 4 is 82.4 Å². The van der Waals surface area contributed by atoms with Gasteiger partial charge in [0.05, 0.1) is 55.0 Å². The summed E-state index contributed by atoms with van der Waals surface area (Å²) >= 11 is 9.53. The molecule has 22 nitrogen and oxygen atoms in total. The number of aliphatic imine (C=N–C) groups is 1. The summed E-state index contributed by atoms with van der Waals surface area (Å²) in [5.41, 5.74) is 12.2. The Morgan fingerprint density at radius 2 is 1.21 bits per heavy atom. The van der Waals surface area contributed by atoms with Crippen LogP contribution in [0.2, 0.25) is 0 Å². The van der Waals surface area contributed by atoms with Gasteiger partial charge in [0.1, 0.15) is 47.9 Å². The molecule has 0 bridgehead atoms. The number of methoxy groups -OCH3 is 2. The summed E-state index contributed by atoms with van der Waals surface area (Å²) in [6, 6.07) is 7.28. The number of carbonyl (C=O) groups is 5. The van der Waals surface area contributed by atoms with Gasteiger partial charge in [0.15, 0.2) is 0 Å². The van der Waals surface area contributed by atoms with Crippen molar-refractivity contribution in [2.45, 2.75) is 51.6 Å². The van der Waals surface area contributed by atoms with Crippen LogP contribution in [0.4, 0.5) is 37.1 Å². The number of ether oxygens (including phenoxy) is 4. The molecule has 26 heteroatoms. The Bertz CT molecular complexity index is 2460. The molecule has 2 fully saturated rings. The first-order valence-electron chi connectivity index (χ1n) is 21.9. The van der Waals surface area contributed by atoms with Crippen LogP contribution in [0.25, 0.3) is 0 Å². The Morgan fingerprint density at radius 1 is 0.761 bits per heavy atom. The minimum Gasteiger partial charge on any atom is -0.496 e. The molecule has 4 heterocycles. The zero-order valence-electron chi connectivity index (χ0n) is 39.4. The molecule has 8 N–H and O–H groups in total. The van der Waals surface area contributed by atoms with Gasteiger partial charge in [-0.25, -0.2) is 28.3 Å². The van der Waals surface area contributed by atoms with Crippen molar-refractivity contribution in [3.05, 3.63) is 82.7 Å². The highest BCUT2D eigenvalue weighted by molar-refractivity contribution is 6.40. The minimum absolute atomic E-state index is 0.0154. The lowest BCUT2D eigenvalue weighted by molar-refractivity contribution is -0.142. The van der Waals surface area contributed by atoms with E-state index in [1.807, 2.05) is 0 Å². The Balaban J connectivity index is 0.000000314. The number of piperidine rings is 2. The summed E-state index contributed by atoms with van der Waals surface area (Å²) in [7, 11) is 2.79. The number of hydrogen-bond acceptors (Lipinski definition) is 20. The molecule has 0 saturated carbocycles. The number of likely N-dealkylation sites (tertiary alicyclic amines) is 1. The first-order valence-corrected chi connectivity index (χ1v) is 22.9. The van der Waals surface area contributed by atoms with E-state index in [0.717, 1.165) is 38.1 Å². The molecule has 2 aromatic heterocycles. The Labute approximate surface area is 418 Å². The number of rotatable bonds is 16. The lowest BCUT2D eigenvalue weighted by atomic mass is 10.0. The first kappa shape index (κ1) is 58.0. The summed E-state index contributed by atoms with van der Waals surface area (Å²) < 4.78 is 46.6. The number of benzene rings is 2. The van der Waals surface area contributed by atoms with Crippen LogP contribution in [-0.4, -0.2) is 145 Å². The molecule has 2 aromatic carbocycles. The lowest BCUT2D eigenvalue weighted by Gasteiger charge is -2.32. The minimum atomic E-state index is -0.581. The standard InChI is InChI=1S/C22H27FN6O5.C17H20FN5O2.C5H7NO3.CH2Cl2/c1-3-34-18(30)12-26-22(32)29-8-6-14(7-9-29)27-21-25-11-16(20(24)28-21)19(31)15-10-13(23)4-5-17(15)33-2;1-25-14-3-2-10(18)8-12(14)15(24)13-9-21-17(23-16(13)19)22-11-4-6-20-7-5-11;1-2-9-5(8)3-6-4-7;2-1-3/h4-5,10-11,14H,3,6-9,12H2,1-2H3,(H,26,32)(H3,24,25,27,28);2-3,8-9,11,20H,4-7H2,1H3,(H3,19,21,22,23);2-3H2,1H3;1H2. The maximum atomic E-state index is 13.6. The van der Waals surface area contributed by atoms with Crippen LogP contribution in [-0.2, 0) is 23.9 Å². The highest BCUT2D eigenvalue weighted by Crippen LogP contribution is 2.27. The molecule has 4 aromatic rings. The number of urea groups is 1. The SMILES string of the molecule is CCOC(=O)CN=C=O.CCOC(=O)CNC(=O)N1CCC(Nc2ncc(C(=O)c3cc(F)ccc3OC)c(N)n2)CC1.COc1ccc(F)cc1C(=O)c1cnc(NC2CCNCC2)nc1N.ClCCl. The molecule has 2 amide bonds. The van der Waals surface area contributed by atoms with Gasteiger partial charge in [-0.3, -0.25) is 19.2 Å². The summed E-state index contributed by atoms with van der Waals surface area (Å²) in [6.07, 6.45) is 7.05. The second-order valence-corrected chi connectivity index (χ2v) is 15.5. The fraction of sp³-hybridized carbons (Fsp3) is 0.422. The van der Waals surface area contributed by atoms with Gasteiger partial charge < -0.3 is 56.6 Å². The number of nitrogens with one attached hydrogen (secondary N) is 4. The van der Waals surface area contributed by atoms with E-state index < -0.39 is 35.1 Å². The summed E-state index contributed by atoms with van der Waals surface area (Å²) in [4.78, 5) is 90.1. The number of hydrogen-bond donors (Lipinski definition) is 6. The van der Waals surface area contributed by atoms with E-state index in [2.05, 4.69) is 50.9 Å². The van der Waals surface area contributed by atoms with Crippen LogP contribution in [0.5, 0.6) is 11.5 Å². The second-order valence-electron chi connectivity index (χ2n) is 14.7. The van der Waals surface area contributed by atoms with Crippen LogP contribution in [0.1, 0.15) is 71.4 Å². The van der Waals surface area contributed by atoms with E-state index in [1.165, 1.54) is 57.0 Å². The number of carbonyl (C=O) groups excluding carboxylic acids is 6. The van der Waals surface area contributed by atoms with Crippen molar-refractivity contribution in [2.24, 2.45) is 4.99 Å². The average molecular weight is 1030 g/mol. The van der Waals surface area contributed by atoms with Crippen LogP contribution in [0, 0.1) is 11.6 Å². The van der Waals surface area contributed by atoms with Crippen LogP contribution in [0.3, 0.4) is 0 Å². The largest absolute Gasteiger partial charge is 0.496 e. The molecule has 0 radical (unpaired) electrons. The summed E-state index contributed by atoms with van der Waals surface area (Å²) in [5.74, 6) is -2.04. The number of amides is 2. The molecule has 384 valence electrons. The van der Waals surface area contributed by atoms with Gasteiger partial charge in [-0.1, -0.05) is 0 Å². The average Bonchev–Trinajstić information content (AvgIpc) is 3.36. The molecule has 0 aliphatic carbocycles. The fourth-order valence-electron chi connectivity index (χ4n) is 6.62. The third-order valence-corrected chi connectivity index (χ3v) is 9.99. The number of alkyl halides is 2. The molecule has 2 aliphatic heterocycles. The van der Waals surface area contributed by atoms with Gasteiger partial charge in [-0.05, 0) is 89.0 Å². The molecule has 0 unspecified atom stereocenters. The molecule has 6 rings (SSSR count). The normalized spacial score (nSPS) is 13.1. The third kappa shape index (κ3) is 19.2. The molecule has 71 heavy (non-hydrogen) atoms. The Morgan fingerprint density at radius 3 is 1.63 bits per heavy atom. The summed E-state index contributed by atoms with van der Waals surface area (Å²) in [5, 5.41) is 12.4. The van der Waals surface area contributed by atoms with E-state index in [4.69, 9.17) is 48.9 Å². The molecular formula is C45H56Cl2F2N12O10. The van der Waals surface area contributed by atoms with Crippen molar-refractivity contribution in [3.8, 4) is 11.5 Å². The van der Waals surface area contributed by atoms with Gasteiger partial charge in [0.25, 0.3) is 0 Å². The number of isocyanates is 1. The predicted molar refractivity (Wildman–Crippen MR) is 260 cm³/mol. The zero-order chi connectivity index (χ0) is 52.3. The number of anilines is 4. The molecule has 2 saturated heterocycles. The summed E-state index contributed by atoms with van der Waals surface area (Å²) in [6.45, 7) is 6.35. The van der Waals surface area contributed by atoms with Crippen molar-refractivity contribution in [1.82, 2.24) is 35.5 Å². The van der Waals surface area contributed by atoms with Crippen LogP contribution < -0.4 is 42.2 Å². The Kier molecular flexibility index (Phi) is 25.4. The molecule has 2 aliphatic rings. The van der Waals surface area contributed by atoms with E-state index >= 15 is 0 Å². The van der Waals surface area contributed by atoms with Crippen molar-refractivity contribution < 1.29 is 56.5 Å². The smallest absolute Gasteiger partial charge is 0.328 e. The number of halogens is 4. The number of nitrogen functional groups attached to an aromatic ring is 2. The number of ketones is 2. The maximum absolute atomic E-state index is 13.6. The molecule has 0 spiro atoms. The predicted octanol–water partition coefficient (Wildman–Crippen LogP) is 4.49. The number of aromatic nitrogens is 4. The Hall–Kier alpha value is -7.27. The highest BCUT2D eigenvalue weighted by Gasteiger charge is 2.26. The van der Waals surface area contributed by atoms with E-state index in [1.54, 1.807) is 18.7 Å². The van der Waals surface area contributed by atoms with Gasteiger partial charge in [-0.2, -0.15) is 15.0 Å². The van der Waals surface area contributed by atoms with Crippen LogP contribution >= 0.6 is 23.2 Å². The molecular weight excluding hydrogens is 977 g/mol. The van der Waals surface area contributed by atoms with Crippen LogP contribution in [0.15, 0.2) is 53.8 Å². The first-order chi connectivity index (χ1) is 34.1. The lowest BCUT2D eigenvalue weighted by Crippen LogP contribution is -2.48. The fourth-order valence-corrected chi connectivity index (χ4v) is 6.62. The molecule has 0 atom stereocenters. The number of esters is 2. The van der Waals surface area contributed by atoms with Crippen molar-refractivity contribution in [3.63, 3.8) is 0 Å². The van der Waals surface area contributed by atoms with Gasteiger partial charge in [0, 0.05) is 37.6 Å². The number of nitrogens with zero attached hydrogens (tertiary/aromatic N) is 6. The number of nitrogens with two attached hydrogens (primary N) is 2. The van der Waals surface area contributed by atoms with Gasteiger partial charge in [-0.15, -0.1) is 23.2 Å². The van der Waals surface area contributed by atoms with Gasteiger partial charge >= 0.3 is 18.0 Å². The van der Waals surface area contributed by atoms with Crippen molar-refractivity contribution in [2.75, 3.05) is 94.1 Å². The zero-order valence-corrected chi connectivity index (χ0v) is 40.9. The monoisotopic (exact) mass is 1030 g/mol. The topological polar surface area (TPSA) is 307 Å². The quantitative estimate of drug-likeness (QED) is 0.0296. The van der Waals surface area contributed by atoms with Crippen molar-refractivity contribution in [1.29, 1.82) is 0 Å². The maximum Gasteiger partial charge on any atom is 0.328 e. The third-order valence-electron chi connectivity index (χ3n) is 9.99. The van der Waals surface area contributed by atoms with E-state index in [-0.39, 0.29) is 94.5 Å². The van der Waals surface area contributed by atoms with E-state index in [9.17, 15) is 37.5 Å². The van der Waals surface area contributed by atoms with E-state index in [0.29, 0.717) is 38.5 Å². The second kappa shape index (κ2) is 31.1. The highest BCUT2D eigenvalue weighted by atomic mass is 35.5. The van der Waals surface area contributed by atoms with Gasteiger partial charge in [0.2, 0.25) is 29.5 Å².